The van der Waals surface area contributed by atoms with Crippen LogP contribution in [-0.2, 0) is 9.59 Å². The maximum Gasteiger partial charge on any atom is 0.243 e. The number of rotatable bonds is 5. The summed E-state index contributed by atoms with van der Waals surface area (Å²) < 4.78 is 0. The molecule has 0 aromatic rings. The molecule has 1 heterocycles. The van der Waals surface area contributed by atoms with Crippen LogP contribution in [0.1, 0.15) is 64.2 Å². The third-order valence-corrected chi connectivity index (χ3v) is 6.36. The normalized spacial score (nSPS) is 23.6. The summed E-state index contributed by atoms with van der Waals surface area (Å²) in [5, 5.41) is 7.01. The van der Waals surface area contributed by atoms with Gasteiger partial charge in [0.1, 0.15) is 6.54 Å². The maximum absolute atomic E-state index is 12.8. The number of halogens is 1. The van der Waals surface area contributed by atoms with Crippen LogP contribution in [0.4, 0.5) is 0 Å². The number of nitrogens with one attached hydrogen (secondary N) is 2. The van der Waals surface area contributed by atoms with Gasteiger partial charge in [0.25, 0.3) is 0 Å². The van der Waals surface area contributed by atoms with E-state index in [-0.39, 0.29) is 48.4 Å². The third-order valence-electron chi connectivity index (χ3n) is 6.36. The zero-order chi connectivity index (χ0) is 19.9. The molecule has 2 aliphatic carbocycles. The Balaban J connectivity index is 0.00000300. The summed E-state index contributed by atoms with van der Waals surface area (Å²) in [5.41, 5.74) is 0. The first-order valence-electron chi connectivity index (χ1n) is 11.1. The highest BCUT2D eigenvalue weighted by molar-refractivity contribution is 14.0. The topological polar surface area (TPSA) is 77.0 Å². The van der Waals surface area contributed by atoms with Gasteiger partial charge in [-0.2, -0.15) is 0 Å². The number of hydrogen-bond acceptors (Lipinski definition) is 3. The van der Waals surface area contributed by atoms with Gasteiger partial charge in [-0.05, 0) is 32.1 Å². The van der Waals surface area contributed by atoms with Gasteiger partial charge >= 0.3 is 0 Å². The second-order valence-electron chi connectivity index (χ2n) is 8.83. The summed E-state index contributed by atoms with van der Waals surface area (Å²) in [7, 11) is 3.50. The summed E-state index contributed by atoms with van der Waals surface area (Å²) in [6.07, 6.45) is 11.5. The molecule has 1 unspecified atom stereocenters. The number of carbonyl (C=O) groups is 2. The highest BCUT2D eigenvalue weighted by atomic mass is 127. The molecular weight excluding hydrogens is 481 g/mol. The van der Waals surface area contributed by atoms with Gasteiger partial charge in [-0.25, -0.2) is 4.99 Å². The van der Waals surface area contributed by atoms with E-state index >= 15 is 0 Å². The van der Waals surface area contributed by atoms with E-state index < -0.39 is 0 Å². The molecule has 7 nitrogen and oxygen atoms in total. The first-order valence-corrected chi connectivity index (χ1v) is 11.1. The predicted molar refractivity (Wildman–Crippen MR) is 126 cm³/mol. The molecule has 29 heavy (non-hydrogen) atoms. The number of hydrogen-bond donors (Lipinski definition) is 2. The SMILES string of the molecule is CN(C)C(=O)CN=C(NC1CCCC1)NC1CCN(C(=O)C2CCCCC2)C1.I. The molecule has 0 radical (unpaired) electrons. The molecule has 1 atom stereocenters. The molecule has 2 N–H and O–H groups in total. The molecule has 3 fully saturated rings. The number of carbonyl (C=O) groups excluding carboxylic acids is 2. The molecule has 3 rings (SSSR count). The summed E-state index contributed by atoms with van der Waals surface area (Å²) in [5.74, 6) is 1.29. The lowest BCUT2D eigenvalue weighted by molar-refractivity contribution is -0.135. The first kappa shape index (κ1) is 24.2. The predicted octanol–water partition coefficient (Wildman–Crippen LogP) is 2.35. The van der Waals surface area contributed by atoms with Crippen molar-refractivity contribution in [3.63, 3.8) is 0 Å². The van der Waals surface area contributed by atoms with Crippen molar-refractivity contribution in [1.82, 2.24) is 20.4 Å². The molecular formula is C21H38IN5O2. The fourth-order valence-corrected chi connectivity index (χ4v) is 4.56. The van der Waals surface area contributed by atoms with E-state index in [1.165, 1.54) is 32.1 Å². The smallest absolute Gasteiger partial charge is 0.243 e. The van der Waals surface area contributed by atoms with Gasteiger partial charge in [0, 0.05) is 45.2 Å². The van der Waals surface area contributed by atoms with Crippen molar-refractivity contribution in [3.05, 3.63) is 0 Å². The second kappa shape index (κ2) is 12.0. The minimum absolute atomic E-state index is 0. The van der Waals surface area contributed by atoms with Crippen LogP contribution in [0.5, 0.6) is 0 Å². The van der Waals surface area contributed by atoms with Crippen LogP contribution in [0.25, 0.3) is 0 Å². The van der Waals surface area contributed by atoms with Gasteiger partial charge in [-0.15, -0.1) is 24.0 Å². The lowest BCUT2D eigenvalue weighted by Crippen LogP contribution is -2.48. The minimum atomic E-state index is -0.00644. The average molecular weight is 519 g/mol. The van der Waals surface area contributed by atoms with Crippen LogP contribution < -0.4 is 10.6 Å². The third kappa shape index (κ3) is 7.29. The van der Waals surface area contributed by atoms with Crippen molar-refractivity contribution in [3.8, 4) is 0 Å². The lowest BCUT2D eigenvalue weighted by Gasteiger charge is -2.26. The standard InChI is InChI=1S/C21H37N5O2.HI/c1-25(2)19(27)14-22-21(23-17-10-6-7-11-17)24-18-12-13-26(15-18)20(28)16-8-4-3-5-9-16;/h16-18H,3-15H2,1-2H3,(H2,22,23,24);1H. The largest absolute Gasteiger partial charge is 0.354 e. The van der Waals surface area contributed by atoms with Crippen molar-refractivity contribution in [2.24, 2.45) is 10.9 Å². The molecule has 0 spiro atoms. The number of aliphatic imine (C=N–C) groups is 1. The number of nitrogens with zero attached hydrogens (tertiary/aromatic N) is 3. The van der Waals surface area contributed by atoms with E-state index in [4.69, 9.17) is 0 Å². The Labute approximate surface area is 192 Å². The molecule has 166 valence electrons. The number of guanidine groups is 1. The Bertz CT molecular complexity index is 571. The van der Waals surface area contributed by atoms with Crippen molar-refractivity contribution < 1.29 is 9.59 Å². The first-order chi connectivity index (χ1) is 13.5. The van der Waals surface area contributed by atoms with E-state index in [9.17, 15) is 9.59 Å². The molecule has 1 aliphatic heterocycles. The summed E-state index contributed by atoms with van der Waals surface area (Å²) in [6.45, 7) is 1.70. The average Bonchev–Trinajstić information content (AvgIpc) is 3.38. The van der Waals surface area contributed by atoms with E-state index in [0.717, 1.165) is 51.2 Å². The van der Waals surface area contributed by atoms with Gasteiger partial charge in [0.15, 0.2) is 5.96 Å². The van der Waals surface area contributed by atoms with Crippen LogP contribution >= 0.6 is 24.0 Å². The maximum atomic E-state index is 12.8. The van der Waals surface area contributed by atoms with Gasteiger partial charge in [0.05, 0.1) is 0 Å². The molecule has 2 amide bonds. The van der Waals surface area contributed by atoms with Crippen molar-refractivity contribution in [2.45, 2.75) is 76.3 Å². The molecule has 0 aromatic carbocycles. The molecule has 8 heteroatoms. The highest BCUT2D eigenvalue weighted by Crippen LogP contribution is 2.26. The van der Waals surface area contributed by atoms with Crippen molar-refractivity contribution in [2.75, 3.05) is 33.7 Å². The molecule has 3 aliphatic rings. The number of likely N-dealkylation sites (N-methyl/N-ethyl adjacent to an activating group) is 1. The lowest BCUT2D eigenvalue weighted by atomic mass is 9.88. The summed E-state index contributed by atoms with van der Waals surface area (Å²) >= 11 is 0. The number of amides is 2. The Morgan fingerprint density at radius 3 is 2.21 bits per heavy atom. The summed E-state index contributed by atoms with van der Waals surface area (Å²) in [6, 6.07) is 0.636. The van der Waals surface area contributed by atoms with Crippen LogP contribution in [0, 0.1) is 5.92 Å². The fourth-order valence-electron chi connectivity index (χ4n) is 4.56. The molecule has 2 saturated carbocycles. The minimum Gasteiger partial charge on any atom is -0.354 e. The van der Waals surface area contributed by atoms with Crippen LogP contribution in [-0.4, -0.2) is 73.4 Å². The summed E-state index contributed by atoms with van der Waals surface area (Å²) in [4.78, 5) is 32.9. The quantitative estimate of drug-likeness (QED) is 0.332. The zero-order valence-corrected chi connectivity index (χ0v) is 20.3. The van der Waals surface area contributed by atoms with Crippen molar-refractivity contribution in [1.29, 1.82) is 0 Å². The van der Waals surface area contributed by atoms with E-state index in [0.29, 0.717) is 11.9 Å². The zero-order valence-electron chi connectivity index (χ0n) is 18.0. The molecule has 1 saturated heterocycles. The van der Waals surface area contributed by atoms with Gasteiger partial charge in [-0.3, -0.25) is 9.59 Å². The molecule has 0 bridgehead atoms. The Hall–Kier alpha value is -1.06. The van der Waals surface area contributed by atoms with Gasteiger partial charge < -0.3 is 20.4 Å². The van der Waals surface area contributed by atoms with Crippen LogP contribution in [0.2, 0.25) is 0 Å². The Morgan fingerprint density at radius 1 is 0.931 bits per heavy atom. The van der Waals surface area contributed by atoms with Crippen molar-refractivity contribution >= 4 is 41.8 Å². The Kier molecular flexibility index (Phi) is 9.98. The van der Waals surface area contributed by atoms with Crippen LogP contribution in [0.15, 0.2) is 4.99 Å². The van der Waals surface area contributed by atoms with E-state index in [1.807, 2.05) is 4.90 Å². The van der Waals surface area contributed by atoms with Crippen LogP contribution in [0.3, 0.4) is 0 Å². The fraction of sp³-hybridized carbons (Fsp3) is 0.857. The van der Waals surface area contributed by atoms with E-state index in [1.54, 1.807) is 19.0 Å². The second-order valence-corrected chi connectivity index (χ2v) is 8.83. The monoisotopic (exact) mass is 519 g/mol. The molecule has 0 aromatic heterocycles. The van der Waals surface area contributed by atoms with Gasteiger partial charge in [-0.1, -0.05) is 32.1 Å². The highest BCUT2D eigenvalue weighted by Gasteiger charge is 2.32. The number of likely N-dealkylation sites (tertiary alicyclic amines) is 1. The van der Waals surface area contributed by atoms with Gasteiger partial charge in [0.2, 0.25) is 11.8 Å². The van der Waals surface area contributed by atoms with E-state index in [2.05, 4.69) is 15.6 Å². The Morgan fingerprint density at radius 2 is 1.55 bits per heavy atom.